The van der Waals surface area contributed by atoms with Gasteiger partial charge in [-0.2, -0.15) is 13.2 Å². The van der Waals surface area contributed by atoms with Crippen LogP contribution in [0.1, 0.15) is 28.7 Å². The van der Waals surface area contributed by atoms with Gasteiger partial charge in [0.2, 0.25) is 0 Å². The molecule has 1 aromatic rings. The molecule has 0 N–H and O–H groups in total. The maximum absolute atomic E-state index is 12.0. The molecule has 1 aromatic heterocycles. The topological polar surface area (TPSA) is 33.2 Å². The van der Waals surface area contributed by atoms with Crippen molar-refractivity contribution < 1.29 is 18.0 Å². The van der Waals surface area contributed by atoms with Crippen LogP contribution in [0.5, 0.6) is 0 Å². The lowest BCUT2D eigenvalue weighted by atomic mass is 10.3. The number of hydrogen-bond acceptors (Lipinski definition) is 4. The van der Waals surface area contributed by atoms with E-state index in [1.807, 2.05) is 0 Å². The number of aryl methyl sites for hydroxylation is 1. The summed E-state index contributed by atoms with van der Waals surface area (Å²) < 4.78 is 36.1. The monoisotopic (exact) mass is 266 g/mol. The fourth-order valence-electron chi connectivity index (χ4n) is 1.26. The van der Waals surface area contributed by atoms with Crippen LogP contribution in [0, 0.1) is 6.92 Å². The van der Waals surface area contributed by atoms with E-state index in [-0.39, 0.29) is 12.3 Å². The molecular weight excluding hydrogens is 253 g/mol. The number of halogens is 3. The highest BCUT2D eigenvalue weighted by Crippen LogP contribution is 2.27. The van der Waals surface area contributed by atoms with Gasteiger partial charge in [-0.1, -0.05) is 11.3 Å². The summed E-state index contributed by atoms with van der Waals surface area (Å²) in [6, 6.07) is 0. The van der Waals surface area contributed by atoms with Gasteiger partial charge in [0.05, 0.1) is 17.0 Å². The summed E-state index contributed by atoms with van der Waals surface area (Å²) in [4.78, 5) is 17.2. The smallest absolute Gasteiger partial charge is 0.351 e. The number of thiazole rings is 1. The fourth-order valence-corrected chi connectivity index (χ4v) is 2.21. The van der Waals surface area contributed by atoms with Gasteiger partial charge in [0.25, 0.3) is 0 Å². The van der Waals surface area contributed by atoms with Gasteiger partial charge in [0.1, 0.15) is 0 Å². The predicted octanol–water partition coefficient (Wildman–Crippen LogP) is 3.04. The van der Waals surface area contributed by atoms with E-state index in [1.54, 1.807) is 6.92 Å². The zero-order valence-electron chi connectivity index (χ0n) is 9.76. The van der Waals surface area contributed by atoms with Crippen molar-refractivity contribution in [1.29, 1.82) is 0 Å². The SMILES string of the molecule is CC(=O)c1sc(N(C)CCC(F)(F)F)nc1C. The molecule has 0 aromatic carbocycles. The Labute approximate surface area is 101 Å². The van der Waals surface area contributed by atoms with E-state index in [0.717, 1.165) is 11.3 Å². The average Bonchev–Trinajstić information content (AvgIpc) is 2.55. The minimum atomic E-state index is -4.18. The zero-order chi connectivity index (χ0) is 13.2. The van der Waals surface area contributed by atoms with Crippen molar-refractivity contribution in [2.24, 2.45) is 0 Å². The zero-order valence-corrected chi connectivity index (χ0v) is 10.6. The van der Waals surface area contributed by atoms with Gasteiger partial charge in [-0.05, 0) is 6.92 Å². The molecule has 0 aliphatic carbocycles. The van der Waals surface area contributed by atoms with Crippen LogP contribution in [0.3, 0.4) is 0 Å². The van der Waals surface area contributed by atoms with E-state index in [0.29, 0.717) is 15.7 Å². The first-order valence-electron chi connectivity index (χ1n) is 4.97. The molecule has 0 unspecified atom stereocenters. The number of carbonyl (C=O) groups is 1. The van der Waals surface area contributed by atoms with E-state index in [1.165, 1.54) is 18.9 Å². The molecular formula is C10H13F3N2OS. The lowest BCUT2D eigenvalue weighted by molar-refractivity contribution is -0.132. The molecule has 3 nitrogen and oxygen atoms in total. The first-order chi connectivity index (χ1) is 7.70. The van der Waals surface area contributed by atoms with E-state index in [4.69, 9.17) is 0 Å². The van der Waals surface area contributed by atoms with Gasteiger partial charge in [-0.15, -0.1) is 0 Å². The average molecular weight is 266 g/mol. The van der Waals surface area contributed by atoms with Gasteiger partial charge in [-0.25, -0.2) is 4.98 Å². The highest BCUT2D eigenvalue weighted by Gasteiger charge is 2.27. The van der Waals surface area contributed by atoms with Gasteiger partial charge in [-0.3, -0.25) is 4.79 Å². The highest BCUT2D eigenvalue weighted by molar-refractivity contribution is 7.17. The van der Waals surface area contributed by atoms with Crippen LogP contribution in [0.4, 0.5) is 18.3 Å². The van der Waals surface area contributed by atoms with Crippen LogP contribution < -0.4 is 4.90 Å². The van der Waals surface area contributed by atoms with Crippen molar-refractivity contribution in [3.63, 3.8) is 0 Å². The second-order valence-electron chi connectivity index (χ2n) is 3.75. The van der Waals surface area contributed by atoms with Crippen LogP contribution in [0.25, 0.3) is 0 Å². The fraction of sp³-hybridized carbons (Fsp3) is 0.600. The molecule has 0 saturated carbocycles. The minimum Gasteiger partial charge on any atom is -0.351 e. The quantitative estimate of drug-likeness (QED) is 0.785. The molecule has 0 aliphatic heterocycles. The molecule has 0 fully saturated rings. The molecule has 7 heteroatoms. The first-order valence-corrected chi connectivity index (χ1v) is 5.78. The molecule has 1 rings (SSSR count). The second-order valence-corrected chi connectivity index (χ2v) is 4.73. The molecule has 0 amide bonds. The summed E-state index contributed by atoms with van der Waals surface area (Å²) in [5.74, 6) is -0.115. The van der Waals surface area contributed by atoms with Crippen molar-refractivity contribution in [2.45, 2.75) is 26.4 Å². The number of alkyl halides is 3. The summed E-state index contributed by atoms with van der Waals surface area (Å²) in [7, 11) is 1.54. The Morgan fingerprint density at radius 1 is 1.47 bits per heavy atom. The normalized spacial score (nSPS) is 11.6. The standard InChI is InChI=1S/C10H13F3N2OS/c1-6-8(7(2)16)17-9(14-6)15(3)5-4-10(11,12)13/h4-5H2,1-3H3. The number of anilines is 1. The van der Waals surface area contributed by atoms with Crippen LogP contribution in [-0.4, -0.2) is 30.5 Å². The number of ketones is 1. The minimum absolute atomic E-state index is 0.115. The Morgan fingerprint density at radius 3 is 2.47 bits per heavy atom. The van der Waals surface area contributed by atoms with E-state index in [2.05, 4.69) is 4.98 Å². The largest absolute Gasteiger partial charge is 0.390 e. The Hall–Kier alpha value is -1.11. The predicted molar refractivity (Wildman–Crippen MR) is 60.8 cm³/mol. The number of hydrogen-bond donors (Lipinski definition) is 0. The highest BCUT2D eigenvalue weighted by atomic mass is 32.1. The summed E-state index contributed by atoms with van der Waals surface area (Å²) in [6.45, 7) is 2.93. The Balaban J connectivity index is 2.73. The molecule has 0 aliphatic rings. The van der Waals surface area contributed by atoms with Gasteiger partial charge in [0.15, 0.2) is 10.9 Å². The van der Waals surface area contributed by atoms with Crippen LogP contribution in [0.2, 0.25) is 0 Å². The van der Waals surface area contributed by atoms with Gasteiger partial charge in [0, 0.05) is 20.5 Å². The third kappa shape index (κ3) is 3.99. The molecule has 0 saturated heterocycles. The Morgan fingerprint density at radius 2 is 2.06 bits per heavy atom. The number of aromatic nitrogens is 1. The molecule has 0 bridgehead atoms. The van der Waals surface area contributed by atoms with Gasteiger partial charge >= 0.3 is 6.18 Å². The molecule has 0 atom stereocenters. The maximum Gasteiger partial charge on any atom is 0.390 e. The number of Topliss-reactive ketones (excluding diaryl/α,β-unsaturated/α-hetero) is 1. The molecule has 0 radical (unpaired) electrons. The third-order valence-electron chi connectivity index (χ3n) is 2.16. The van der Waals surface area contributed by atoms with Crippen molar-refractivity contribution in [1.82, 2.24) is 4.98 Å². The van der Waals surface area contributed by atoms with Crippen LogP contribution in [0.15, 0.2) is 0 Å². The number of rotatable bonds is 4. The molecule has 17 heavy (non-hydrogen) atoms. The first kappa shape index (κ1) is 14.0. The molecule has 1 heterocycles. The summed E-state index contributed by atoms with van der Waals surface area (Å²) in [5.41, 5.74) is 0.566. The van der Waals surface area contributed by atoms with Crippen molar-refractivity contribution in [3.8, 4) is 0 Å². The van der Waals surface area contributed by atoms with E-state index < -0.39 is 12.6 Å². The molecule has 96 valence electrons. The Bertz CT molecular complexity index is 414. The summed E-state index contributed by atoms with van der Waals surface area (Å²) >= 11 is 1.12. The van der Waals surface area contributed by atoms with Crippen molar-refractivity contribution in [2.75, 3.05) is 18.5 Å². The van der Waals surface area contributed by atoms with Crippen molar-refractivity contribution >= 4 is 22.3 Å². The summed E-state index contributed by atoms with van der Waals surface area (Å²) in [5, 5.41) is 0.442. The third-order valence-corrected chi connectivity index (χ3v) is 3.53. The van der Waals surface area contributed by atoms with Crippen LogP contribution in [-0.2, 0) is 0 Å². The number of nitrogens with zero attached hydrogens (tertiary/aromatic N) is 2. The second kappa shape index (κ2) is 5.03. The molecule has 0 spiro atoms. The summed E-state index contributed by atoms with van der Waals surface area (Å²) in [6.07, 6.45) is -5.07. The van der Waals surface area contributed by atoms with Crippen molar-refractivity contribution in [3.05, 3.63) is 10.6 Å². The van der Waals surface area contributed by atoms with E-state index >= 15 is 0 Å². The number of carbonyl (C=O) groups excluding carboxylic acids is 1. The maximum atomic E-state index is 12.0. The lowest BCUT2D eigenvalue weighted by Crippen LogP contribution is -2.23. The van der Waals surface area contributed by atoms with Crippen LogP contribution >= 0.6 is 11.3 Å². The lowest BCUT2D eigenvalue weighted by Gasteiger charge is -2.16. The Kier molecular flexibility index (Phi) is 4.13. The van der Waals surface area contributed by atoms with Gasteiger partial charge < -0.3 is 4.90 Å². The van der Waals surface area contributed by atoms with E-state index in [9.17, 15) is 18.0 Å².